The summed E-state index contributed by atoms with van der Waals surface area (Å²) in [4.78, 5) is 24.5. The topological polar surface area (TPSA) is 105 Å². The number of carboxylic acids is 1. The van der Waals surface area contributed by atoms with E-state index in [1.54, 1.807) is 7.05 Å². The standard InChI is InChI=1S/C13H18ClN3O4/c1-17(7-11(18)16-3-4-21-2)12-9(13(19)20)5-8(15)6-10(12)14/h5-6H,3-4,7,15H2,1-2H3,(H,16,18)(H,19,20). The number of likely N-dealkylation sites (N-methyl/N-ethyl adjacent to an activating group) is 1. The van der Waals surface area contributed by atoms with Crippen molar-refractivity contribution in [2.24, 2.45) is 0 Å². The highest BCUT2D eigenvalue weighted by atomic mass is 35.5. The molecule has 8 heteroatoms. The van der Waals surface area contributed by atoms with Crippen molar-refractivity contribution in [1.29, 1.82) is 0 Å². The molecule has 116 valence electrons. The van der Waals surface area contributed by atoms with Gasteiger partial charge in [-0.05, 0) is 12.1 Å². The van der Waals surface area contributed by atoms with Crippen LogP contribution in [0.1, 0.15) is 10.4 Å². The molecule has 1 rings (SSSR count). The van der Waals surface area contributed by atoms with E-state index >= 15 is 0 Å². The lowest BCUT2D eigenvalue weighted by Gasteiger charge is -2.22. The van der Waals surface area contributed by atoms with Gasteiger partial charge in [-0.3, -0.25) is 4.79 Å². The second kappa shape index (κ2) is 7.70. The van der Waals surface area contributed by atoms with Gasteiger partial charge >= 0.3 is 5.97 Å². The van der Waals surface area contributed by atoms with Crippen LogP contribution in [0, 0.1) is 0 Å². The van der Waals surface area contributed by atoms with E-state index in [-0.39, 0.29) is 34.4 Å². The number of nitrogen functional groups attached to an aromatic ring is 1. The van der Waals surface area contributed by atoms with Crippen LogP contribution in [0.15, 0.2) is 12.1 Å². The summed E-state index contributed by atoms with van der Waals surface area (Å²) in [5.41, 5.74) is 6.04. The van der Waals surface area contributed by atoms with Gasteiger partial charge < -0.3 is 25.8 Å². The Morgan fingerprint density at radius 1 is 1.48 bits per heavy atom. The Labute approximate surface area is 127 Å². The van der Waals surface area contributed by atoms with Crippen LogP contribution in [0.2, 0.25) is 5.02 Å². The number of carbonyl (C=O) groups is 2. The molecule has 0 bridgehead atoms. The minimum Gasteiger partial charge on any atom is -0.478 e. The molecule has 0 aliphatic carbocycles. The van der Waals surface area contributed by atoms with Gasteiger partial charge in [0.05, 0.1) is 29.4 Å². The fourth-order valence-electron chi connectivity index (χ4n) is 1.81. The van der Waals surface area contributed by atoms with Crippen molar-refractivity contribution in [1.82, 2.24) is 5.32 Å². The lowest BCUT2D eigenvalue weighted by Crippen LogP contribution is -2.37. The molecule has 7 nitrogen and oxygen atoms in total. The van der Waals surface area contributed by atoms with Crippen molar-refractivity contribution in [3.63, 3.8) is 0 Å². The van der Waals surface area contributed by atoms with Crippen LogP contribution in [0.4, 0.5) is 11.4 Å². The highest BCUT2D eigenvalue weighted by Gasteiger charge is 2.19. The predicted octanol–water partition coefficient (Wildman–Crippen LogP) is 0.819. The Bertz CT molecular complexity index is 536. The molecule has 0 atom stereocenters. The molecule has 0 aliphatic heterocycles. The third kappa shape index (κ3) is 4.80. The number of nitrogens with two attached hydrogens (primary N) is 1. The number of hydrogen-bond acceptors (Lipinski definition) is 5. The van der Waals surface area contributed by atoms with Gasteiger partial charge in [0, 0.05) is 26.4 Å². The van der Waals surface area contributed by atoms with Gasteiger partial charge in [-0.2, -0.15) is 0 Å². The molecule has 0 aliphatic rings. The van der Waals surface area contributed by atoms with Crippen molar-refractivity contribution in [2.75, 3.05) is 44.5 Å². The molecule has 1 amide bonds. The highest BCUT2D eigenvalue weighted by molar-refractivity contribution is 6.34. The summed E-state index contributed by atoms with van der Waals surface area (Å²) < 4.78 is 4.82. The van der Waals surface area contributed by atoms with E-state index in [9.17, 15) is 14.7 Å². The number of nitrogens with zero attached hydrogens (tertiary/aromatic N) is 1. The summed E-state index contributed by atoms with van der Waals surface area (Å²) in [5, 5.41) is 12.0. The SMILES string of the molecule is COCCNC(=O)CN(C)c1c(Cl)cc(N)cc1C(=O)O. The number of nitrogens with one attached hydrogen (secondary N) is 1. The highest BCUT2D eigenvalue weighted by Crippen LogP contribution is 2.31. The lowest BCUT2D eigenvalue weighted by molar-refractivity contribution is -0.119. The number of amides is 1. The summed E-state index contributed by atoms with van der Waals surface area (Å²) in [7, 11) is 3.12. The minimum absolute atomic E-state index is 0.0341. The van der Waals surface area contributed by atoms with Crippen LogP contribution in [0.3, 0.4) is 0 Å². The predicted molar refractivity (Wildman–Crippen MR) is 81.0 cm³/mol. The van der Waals surface area contributed by atoms with Crippen molar-refractivity contribution >= 4 is 34.9 Å². The van der Waals surface area contributed by atoms with E-state index in [1.165, 1.54) is 24.1 Å². The summed E-state index contributed by atoms with van der Waals surface area (Å²) in [5.74, 6) is -1.43. The third-order valence-electron chi connectivity index (χ3n) is 2.71. The van der Waals surface area contributed by atoms with Gasteiger partial charge in [-0.25, -0.2) is 4.79 Å². The monoisotopic (exact) mass is 315 g/mol. The van der Waals surface area contributed by atoms with Gasteiger partial charge in [-0.1, -0.05) is 11.6 Å². The van der Waals surface area contributed by atoms with Crippen LogP contribution in [-0.4, -0.2) is 50.8 Å². The summed E-state index contributed by atoms with van der Waals surface area (Å²) >= 11 is 6.05. The zero-order valence-corrected chi connectivity index (χ0v) is 12.6. The maximum absolute atomic E-state index is 11.7. The lowest BCUT2D eigenvalue weighted by atomic mass is 10.1. The van der Waals surface area contributed by atoms with Crippen molar-refractivity contribution < 1.29 is 19.4 Å². The number of methoxy groups -OCH3 is 1. The first-order valence-corrected chi connectivity index (χ1v) is 6.53. The number of rotatable bonds is 7. The zero-order valence-electron chi connectivity index (χ0n) is 11.9. The van der Waals surface area contributed by atoms with Gasteiger partial charge in [0.15, 0.2) is 0 Å². The Kier molecular flexibility index (Phi) is 6.26. The Morgan fingerprint density at radius 2 is 2.14 bits per heavy atom. The van der Waals surface area contributed by atoms with E-state index < -0.39 is 5.97 Å². The van der Waals surface area contributed by atoms with E-state index in [4.69, 9.17) is 22.1 Å². The number of aromatic carboxylic acids is 1. The third-order valence-corrected chi connectivity index (χ3v) is 3.00. The van der Waals surface area contributed by atoms with Crippen LogP contribution in [0.5, 0.6) is 0 Å². The Morgan fingerprint density at radius 3 is 2.71 bits per heavy atom. The molecule has 0 saturated heterocycles. The summed E-state index contributed by atoms with van der Waals surface area (Å²) in [6.45, 7) is 0.747. The number of anilines is 2. The molecule has 0 unspecified atom stereocenters. The molecule has 0 heterocycles. The molecule has 0 saturated carbocycles. The average Bonchev–Trinajstić information content (AvgIpc) is 2.37. The first kappa shape index (κ1) is 17.1. The number of halogens is 1. The number of hydrogen-bond donors (Lipinski definition) is 3. The number of ether oxygens (including phenoxy) is 1. The van der Waals surface area contributed by atoms with Crippen LogP contribution in [0.25, 0.3) is 0 Å². The van der Waals surface area contributed by atoms with Crippen LogP contribution >= 0.6 is 11.6 Å². The smallest absolute Gasteiger partial charge is 0.337 e. The average molecular weight is 316 g/mol. The summed E-state index contributed by atoms with van der Waals surface area (Å²) in [6.07, 6.45) is 0. The zero-order chi connectivity index (χ0) is 16.0. The maximum Gasteiger partial charge on any atom is 0.337 e. The number of carboxylic acid groups (broad SMARTS) is 1. The first-order chi connectivity index (χ1) is 9.86. The second-order valence-electron chi connectivity index (χ2n) is 4.40. The molecule has 0 aromatic heterocycles. The Balaban J connectivity index is 2.89. The van der Waals surface area contributed by atoms with E-state index in [0.29, 0.717) is 13.2 Å². The van der Waals surface area contributed by atoms with Crippen molar-refractivity contribution in [3.05, 3.63) is 22.7 Å². The molecule has 4 N–H and O–H groups in total. The fourth-order valence-corrected chi connectivity index (χ4v) is 2.19. The molecule has 0 fully saturated rings. The fraction of sp³-hybridized carbons (Fsp3) is 0.385. The van der Waals surface area contributed by atoms with Crippen LogP contribution in [-0.2, 0) is 9.53 Å². The van der Waals surface area contributed by atoms with E-state index in [0.717, 1.165) is 0 Å². The molecular formula is C13H18ClN3O4. The number of carbonyl (C=O) groups excluding carboxylic acids is 1. The minimum atomic E-state index is -1.16. The molecule has 1 aromatic rings. The summed E-state index contributed by atoms with van der Waals surface area (Å²) in [6, 6.07) is 2.76. The van der Waals surface area contributed by atoms with E-state index in [2.05, 4.69) is 5.32 Å². The van der Waals surface area contributed by atoms with Crippen LogP contribution < -0.4 is 16.0 Å². The van der Waals surface area contributed by atoms with Gasteiger partial charge in [0.1, 0.15) is 0 Å². The van der Waals surface area contributed by atoms with Crippen molar-refractivity contribution in [2.45, 2.75) is 0 Å². The molecule has 0 spiro atoms. The van der Waals surface area contributed by atoms with Gasteiger partial charge in [-0.15, -0.1) is 0 Å². The van der Waals surface area contributed by atoms with Gasteiger partial charge in [0.25, 0.3) is 0 Å². The Hall–Kier alpha value is -1.99. The molecule has 0 radical (unpaired) electrons. The van der Waals surface area contributed by atoms with Crippen molar-refractivity contribution in [3.8, 4) is 0 Å². The first-order valence-electron chi connectivity index (χ1n) is 6.16. The molecule has 1 aromatic carbocycles. The molecule has 21 heavy (non-hydrogen) atoms. The number of benzene rings is 1. The molecular weight excluding hydrogens is 298 g/mol. The second-order valence-corrected chi connectivity index (χ2v) is 4.81. The normalized spacial score (nSPS) is 10.2. The largest absolute Gasteiger partial charge is 0.478 e. The quantitative estimate of drug-likeness (QED) is 0.508. The van der Waals surface area contributed by atoms with E-state index in [1.807, 2.05) is 0 Å². The maximum atomic E-state index is 11.7. The van der Waals surface area contributed by atoms with Gasteiger partial charge in [0.2, 0.25) is 5.91 Å².